The molecule has 0 saturated carbocycles. The summed E-state index contributed by atoms with van der Waals surface area (Å²) in [4.78, 5) is 31.5. The highest BCUT2D eigenvalue weighted by Crippen LogP contribution is 2.42. The molecule has 0 unspecified atom stereocenters. The van der Waals surface area contributed by atoms with Crippen LogP contribution in [0.15, 0.2) is 72.6 Å². The van der Waals surface area contributed by atoms with E-state index in [9.17, 15) is 19.1 Å². The largest absolute Gasteiger partial charge is 0.507 e. The van der Waals surface area contributed by atoms with Crippen LogP contribution in [-0.2, 0) is 22.6 Å². The molecule has 0 bridgehead atoms. The number of amides is 1. The molecule has 6 nitrogen and oxygen atoms in total. The third-order valence-electron chi connectivity index (χ3n) is 6.01. The lowest BCUT2D eigenvalue weighted by molar-refractivity contribution is -0.140. The van der Waals surface area contributed by atoms with E-state index >= 15 is 0 Å². The van der Waals surface area contributed by atoms with Gasteiger partial charge >= 0.3 is 0 Å². The molecule has 2 aromatic carbocycles. The van der Waals surface area contributed by atoms with Crippen molar-refractivity contribution < 1.29 is 23.8 Å². The molecule has 0 radical (unpaired) electrons. The minimum Gasteiger partial charge on any atom is -0.507 e. The number of aliphatic hydroxyl groups is 1. The van der Waals surface area contributed by atoms with Gasteiger partial charge < -0.3 is 14.7 Å². The van der Waals surface area contributed by atoms with Gasteiger partial charge in [-0.1, -0.05) is 18.2 Å². The Hall–Kier alpha value is -4.00. The highest BCUT2D eigenvalue weighted by atomic mass is 19.1. The molecule has 33 heavy (non-hydrogen) atoms. The van der Waals surface area contributed by atoms with E-state index in [1.54, 1.807) is 48.8 Å². The summed E-state index contributed by atoms with van der Waals surface area (Å²) in [5.74, 6) is -1.81. The van der Waals surface area contributed by atoms with E-state index in [1.807, 2.05) is 6.92 Å². The number of pyridine rings is 1. The summed E-state index contributed by atoms with van der Waals surface area (Å²) >= 11 is 0. The summed E-state index contributed by atoms with van der Waals surface area (Å²) in [5.41, 5.74) is 2.03. The van der Waals surface area contributed by atoms with Crippen molar-refractivity contribution in [2.75, 3.05) is 0 Å². The van der Waals surface area contributed by atoms with Gasteiger partial charge in [0.2, 0.25) is 0 Å². The molecule has 7 heteroatoms. The summed E-state index contributed by atoms with van der Waals surface area (Å²) in [5, 5.41) is 11.2. The Morgan fingerprint density at radius 1 is 1.15 bits per heavy atom. The highest BCUT2D eigenvalue weighted by molar-refractivity contribution is 6.46. The fourth-order valence-corrected chi connectivity index (χ4v) is 4.47. The Kier molecular flexibility index (Phi) is 5.17. The second-order valence-electron chi connectivity index (χ2n) is 8.26. The Morgan fingerprint density at radius 3 is 2.67 bits per heavy atom. The van der Waals surface area contributed by atoms with Crippen LogP contribution in [0.25, 0.3) is 5.76 Å². The average molecular weight is 444 g/mol. The third-order valence-corrected chi connectivity index (χ3v) is 6.01. The number of ether oxygens (including phenoxy) is 1. The van der Waals surface area contributed by atoms with Crippen LogP contribution in [0.1, 0.15) is 35.2 Å². The van der Waals surface area contributed by atoms with Crippen LogP contribution in [0, 0.1) is 5.82 Å². The average Bonchev–Trinajstić information content (AvgIpc) is 3.31. The number of hydrogen-bond acceptors (Lipinski definition) is 5. The van der Waals surface area contributed by atoms with E-state index in [2.05, 4.69) is 4.98 Å². The molecule has 3 aromatic rings. The number of rotatable bonds is 4. The molecular formula is C26H21FN2O4. The molecule has 1 N–H and O–H groups in total. The summed E-state index contributed by atoms with van der Waals surface area (Å²) in [6.07, 6.45) is 3.85. The number of aliphatic hydroxyl groups excluding tert-OH is 1. The summed E-state index contributed by atoms with van der Waals surface area (Å²) in [7, 11) is 0. The molecule has 5 rings (SSSR count). The van der Waals surface area contributed by atoms with Gasteiger partial charge in [-0.15, -0.1) is 0 Å². The van der Waals surface area contributed by atoms with Gasteiger partial charge in [-0.05, 0) is 54.4 Å². The molecule has 2 aliphatic rings. The van der Waals surface area contributed by atoms with Crippen molar-refractivity contribution in [1.82, 2.24) is 9.88 Å². The molecule has 0 spiro atoms. The van der Waals surface area contributed by atoms with Crippen molar-refractivity contribution in [2.24, 2.45) is 0 Å². The molecule has 1 saturated heterocycles. The van der Waals surface area contributed by atoms with Crippen LogP contribution in [0.5, 0.6) is 5.75 Å². The zero-order valence-corrected chi connectivity index (χ0v) is 17.9. The van der Waals surface area contributed by atoms with Gasteiger partial charge in [0.1, 0.15) is 23.4 Å². The molecule has 166 valence electrons. The number of Topliss-reactive ketones (excluding diaryl/α,β-unsaturated/α-hetero) is 1. The number of hydrogen-bond donors (Lipinski definition) is 1. The number of carbonyl (C=O) groups is 2. The second-order valence-corrected chi connectivity index (χ2v) is 8.26. The van der Waals surface area contributed by atoms with E-state index in [0.717, 1.165) is 16.9 Å². The summed E-state index contributed by atoms with van der Waals surface area (Å²) in [6.45, 7) is 2.01. The lowest BCUT2D eigenvalue weighted by atomic mass is 9.94. The van der Waals surface area contributed by atoms with Gasteiger partial charge in [0.05, 0.1) is 11.6 Å². The molecule has 1 aromatic heterocycles. The lowest BCUT2D eigenvalue weighted by Gasteiger charge is -2.25. The fourth-order valence-electron chi connectivity index (χ4n) is 4.47. The number of benzene rings is 2. The van der Waals surface area contributed by atoms with E-state index in [1.165, 1.54) is 23.1 Å². The van der Waals surface area contributed by atoms with Crippen molar-refractivity contribution >= 4 is 17.4 Å². The van der Waals surface area contributed by atoms with Gasteiger partial charge in [0.15, 0.2) is 0 Å². The highest BCUT2D eigenvalue weighted by Gasteiger charge is 2.47. The maximum absolute atomic E-state index is 14.9. The first-order chi connectivity index (χ1) is 15.9. The SMILES string of the molecule is C[C@@H]1Cc2cc(/C(O)=C3\C(=O)C(=O)N(Cc4ccncc4)[C@@H]3c3ccccc3F)ccc2O1. The predicted octanol–water partition coefficient (Wildman–Crippen LogP) is 4.17. The van der Waals surface area contributed by atoms with Crippen LogP contribution in [-0.4, -0.2) is 32.8 Å². The molecule has 2 atom stereocenters. The topological polar surface area (TPSA) is 79.7 Å². The zero-order chi connectivity index (χ0) is 23.1. The standard InChI is InChI=1S/C26H21FN2O4/c1-15-12-18-13-17(6-7-21(18)33-15)24(30)22-23(19-4-2-3-5-20(19)27)29(26(32)25(22)31)14-16-8-10-28-11-9-16/h2-11,13,15,23,30H,12,14H2,1H3/b24-22+/t15-,23-/m1/s1. The van der Waals surface area contributed by atoms with Gasteiger partial charge in [-0.3, -0.25) is 14.6 Å². The first-order valence-corrected chi connectivity index (χ1v) is 10.7. The van der Waals surface area contributed by atoms with Crippen LogP contribution >= 0.6 is 0 Å². The lowest BCUT2D eigenvalue weighted by Crippen LogP contribution is -2.29. The minimum atomic E-state index is -1.07. The van der Waals surface area contributed by atoms with E-state index < -0.39 is 23.5 Å². The second kappa shape index (κ2) is 8.16. The van der Waals surface area contributed by atoms with Gasteiger partial charge in [-0.25, -0.2) is 4.39 Å². The maximum Gasteiger partial charge on any atom is 0.295 e. The Labute approximate surface area is 190 Å². The van der Waals surface area contributed by atoms with Gasteiger partial charge in [0, 0.05) is 36.5 Å². The first-order valence-electron chi connectivity index (χ1n) is 10.7. The minimum absolute atomic E-state index is 0.0155. The van der Waals surface area contributed by atoms with Gasteiger partial charge in [-0.2, -0.15) is 0 Å². The van der Waals surface area contributed by atoms with E-state index in [0.29, 0.717) is 12.0 Å². The van der Waals surface area contributed by atoms with Crippen molar-refractivity contribution in [3.63, 3.8) is 0 Å². The van der Waals surface area contributed by atoms with Crippen LogP contribution in [0.3, 0.4) is 0 Å². The number of nitrogens with zero attached hydrogens (tertiary/aromatic N) is 2. The Balaban J connectivity index is 1.65. The quantitative estimate of drug-likeness (QED) is 0.371. The number of fused-ring (bicyclic) bond motifs is 1. The van der Waals surface area contributed by atoms with Crippen LogP contribution in [0.4, 0.5) is 4.39 Å². The Bertz CT molecular complexity index is 1290. The molecule has 3 heterocycles. The zero-order valence-electron chi connectivity index (χ0n) is 17.9. The number of aromatic nitrogens is 1. The van der Waals surface area contributed by atoms with Crippen molar-refractivity contribution in [3.8, 4) is 5.75 Å². The van der Waals surface area contributed by atoms with Crippen molar-refractivity contribution in [2.45, 2.75) is 32.0 Å². The smallest absolute Gasteiger partial charge is 0.295 e. The van der Waals surface area contributed by atoms with Crippen LogP contribution in [0.2, 0.25) is 0 Å². The molecule has 1 amide bonds. The van der Waals surface area contributed by atoms with E-state index in [4.69, 9.17) is 4.74 Å². The molecule has 1 fully saturated rings. The Morgan fingerprint density at radius 2 is 1.91 bits per heavy atom. The molecule has 2 aliphatic heterocycles. The molecule has 0 aliphatic carbocycles. The first kappa shape index (κ1) is 20.9. The van der Waals surface area contributed by atoms with Crippen molar-refractivity contribution in [3.05, 3.63) is 101 Å². The van der Waals surface area contributed by atoms with Crippen molar-refractivity contribution in [1.29, 1.82) is 0 Å². The van der Waals surface area contributed by atoms with E-state index in [-0.39, 0.29) is 29.5 Å². The molecular weight excluding hydrogens is 423 g/mol. The predicted molar refractivity (Wildman–Crippen MR) is 119 cm³/mol. The summed E-state index contributed by atoms with van der Waals surface area (Å²) < 4.78 is 20.6. The maximum atomic E-state index is 14.9. The summed E-state index contributed by atoms with van der Waals surface area (Å²) in [6, 6.07) is 13.5. The number of ketones is 1. The number of halogens is 1. The van der Waals surface area contributed by atoms with Crippen LogP contribution < -0.4 is 4.74 Å². The van der Waals surface area contributed by atoms with Gasteiger partial charge in [0.25, 0.3) is 11.7 Å². The monoisotopic (exact) mass is 444 g/mol. The number of carbonyl (C=O) groups excluding carboxylic acids is 2. The normalized spacial score (nSPS) is 21.2. The fraction of sp³-hybridized carbons (Fsp3) is 0.192. The third kappa shape index (κ3) is 3.65. The number of likely N-dealkylation sites (tertiary alicyclic amines) is 1.